The number of benzene rings is 1. The van der Waals surface area contributed by atoms with Gasteiger partial charge < -0.3 is 9.84 Å². The Morgan fingerprint density at radius 2 is 1.65 bits per heavy atom. The van der Waals surface area contributed by atoms with E-state index in [0.717, 1.165) is 24.2 Å². The molecule has 17 heavy (non-hydrogen) atoms. The van der Waals surface area contributed by atoms with Crippen LogP contribution in [0.3, 0.4) is 0 Å². The summed E-state index contributed by atoms with van der Waals surface area (Å²) in [5, 5.41) is 10.3. The Hall–Kier alpha value is -1.18. The van der Waals surface area contributed by atoms with Crippen molar-refractivity contribution in [1.82, 2.24) is 0 Å². The van der Waals surface area contributed by atoms with Crippen LogP contribution in [0, 0.1) is 0 Å². The molecule has 0 atom stereocenters. The molecule has 2 rings (SSSR count). The Morgan fingerprint density at radius 3 is 2.24 bits per heavy atom. The first-order valence-electron chi connectivity index (χ1n) is 6.20. The van der Waals surface area contributed by atoms with Crippen LogP contribution in [-0.4, -0.2) is 12.2 Å². The lowest BCUT2D eigenvalue weighted by Gasteiger charge is -2.42. The smallest absolute Gasteiger partial charge is 0.123 e. The summed E-state index contributed by atoms with van der Waals surface area (Å²) in [6.07, 6.45) is 2.24. The number of hydrogen-bond acceptors (Lipinski definition) is 2. The maximum absolute atomic E-state index is 10.3. The second-order valence-electron chi connectivity index (χ2n) is 6.34. The van der Waals surface area contributed by atoms with Gasteiger partial charge in [0, 0.05) is 11.6 Å². The third-order valence-electron chi connectivity index (χ3n) is 4.11. The van der Waals surface area contributed by atoms with E-state index in [4.69, 9.17) is 4.74 Å². The van der Waals surface area contributed by atoms with Crippen molar-refractivity contribution in [3.8, 4) is 11.5 Å². The molecule has 1 aliphatic rings. The largest absolute Gasteiger partial charge is 0.507 e. The molecule has 0 heterocycles. The van der Waals surface area contributed by atoms with E-state index in [9.17, 15) is 5.11 Å². The summed E-state index contributed by atoms with van der Waals surface area (Å²) in [6, 6.07) is 3.80. The van der Waals surface area contributed by atoms with E-state index in [1.165, 1.54) is 5.56 Å². The van der Waals surface area contributed by atoms with Crippen LogP contribution in [0.15, 0.2) is 12.1 Å². The SMILES string of the molecule is COc1cc(O)c2c(c1)C(C)(C)CCC2(C)C. The molecule has 0 saturated heterocycles. The van der Waals surface area contributed by atoms with Gasteiger partial charge in [0.05, 0.1) is 7.11 Å². The van der Waals surface area contributed by atoms with E-state index in [1.54, 1.807) is 13.2 Å². The van der Waals surface area contributed by atoms with E-state index in [2.05, 4.69) is 33.8 Å². The fraction of sp³-hybridized carbons (Fsp3) is 0.600. The number of hydrogen-bond donors (Lipinski definition) is 1. The predicted molar refractivity (Wildman–Crippen MR) is 69.9 cm³/mol. The van der Waals surface area contributed by atoms with Crippen molar-refractivity contribution in [3.05, 3.63) is 23.3 Å². The molecule has 2 nitrogen and oxygen atoms in total. The van der Waals surface area contributed by atoms with E-state index >= 15 is 0 Å². The second kappa shape index (κ2) is 3.66. The molecule has 94 valence electrons. The van der Waals surface area contributed by atoms with Gasteiger partial charge in [0.15, 0.2) is 0 Å². The first-order chi connectivity index (χ1) is 7.78. The van der Waals surface area contributed by atoms with Gasteiger partial charge in [-0.3, -0.25) is 0 Å². The van der Waals surface area contributed by atoms with Gasteiger partial charge in [-0.25, -0.2) is 0 Å². The van der Waals surface area contributed by atoms with Crippen molar-refractivity contribution in [2.75, 3.05) is 7.11 Å². The number of methoxy groups -OCH3 is 1. The number of ether oxygens (including phenoxy) is 1. The Balaban J connectivity index is 2.71. The third-order valence-corrected chi connectivity index (χ3v) is 4.11. The van der Waals surface area contributed by atoms with Crippen LogP contribution in [0.2, 0.25) is 0 Å². The molecule has 0 aliphatic heterocycles. The highest BCUT2D eigenvalue weighted by atomic mass is 16.5. The molecule has 1 aromatic rings. The lowest BCUT2D eigenvalue weighted by atomic mass is 9.63. The number of fused-ring (bicyclic) bond motifs is 1. The topological polar surface area (TPSA) is 29.5 Å². The van der Waals surface area contributed by atoms with Gasteiger partial charge in [0.1, 0.15) is 11.5 Å². The molecule has 0 bridgehead atoms. The van der Waals surface area contributed by atoms with Crippen molar-refractivity contribution in [2.24, 2.45) is 0 Å². The summed E-state index contributed by atoms with van der Waals surface area (Å²) in [5.41, 5.74) is 2.47. The second-order valence-corrected chi connectivity index (χ2v) is 6.34. The minimum absolute atomic E-state index is 0.0429. The fourth-order valence-electron chi connectivity index (χ4n) is 2.85. The first-order valence-corrected chi connectivity index (χ1v) is 6.20. The Kier molecular flexibility index (Phi) is 2.64. The summed E-state index contributed by atoms with van der Waals surface area (Å²) in [7, 11) is 1.64. The quantitative estimate of drug-likeness (QED) is 0.802. The Labute approximate surface area is 104 Å². The normalized spacial score (nSPS) is 20.8. The molecule has 0 unspecified atom stereocenters. The average molecular weight is 234 g/mol. The highest BCUT2D eigenvalue weighted by Gasteiger charge is 2.39. The van der Waals surface area contributed by atoms with Crippen LogP contribution >= 0.6 is 0 Å². The number of aromatic hydroxyl groups is 1. The van der Waals surface area contributed by atoms with Gasteiger partial charge in [-0.05, 0) is 35.3 Å². The molecule has 1 aliphatic carbocycles. The number of rotatable bonds is 1. The van der Waals surface area contributed by atoms with E-state index in [1.807, 2.05) is 0 Å². The summed E-state index contributed by atoms with van der Waals surface area (Å²) in [5.74, 6) is 1.11. The van der Waals surface area contributed by atoms with Gasteiger partial charge in [-0.15, -0.1) is 0 Å². The summed E-state index contributed by atoms with van der Waals surface area (Å²) in [4.78, 5) is 0. The van der Waals surface area contributed by atoms with Gasteiger partial charge in [0.25, 0.3) is 0 Å². The summed E-state index contributed by atoms with van der Waals surface area (Å²) >= 11 is 0. The van der Waals surface area contributed by atoms with Gasteiger partial charge >= 0.3 is 0 Å². The zero-order chi connectivity index (χ0) is 12.8. The van der Waals surface area contributed by atoms with Crippen molar-refractivity contribution in [2.45, 2.75) is 51.4 Å². The van der Waals surface area contributed by atoms with Crippen molar-refractivity contribution in [3.63, 3.8) is 0 Å². The van der Waals surface area contributed by atoms with Crippen LogP contribution in [0.4, 0.5) is 0 Å². The van der Waals surface area contributed by atoms with Crippen LogP contribution in [-0.2, 0) is 10.8 Å². The van der Waals surface area contributed by atoms with Crippen LogP contribution < -0.4 is 4.74 Å². The lowest BCUT2D eigenvalue weighted by Crippen LogP contribution is -2.33. The predicted octanol–water partition coefficient (Wildman–Crippen LogP) is 3.75. The molecule has 0 aromatic heterocycles. The number of phenolic OH excluding ortho intramolecular Hbond substituents is 1. The number of phenols is 1. The minimum atomic E-state index is 0.0429. The monoisotopic (exact) mass is 234 g/mol. The highest BCUT2D eigenvalue weighted by molar-refractivity contribution is 5.53. The molecule has 1 N–H and O–H groups in total. The maximum atomic E-state index is 10.3. The zero-order valence-electron chi connectivity index (χ0n) is 11.4. The van der Waals surface area contributed by atoms with Gasteiger partial charge in [0.2, 0.25) is 0 Å². The third kappa shape index (κ3) is 1.90. The Morgan fingerprint density at radius 1 is 1.06 bits per heavy atom. The molecule has 0 amide bonds. The van der Waals surface area contributed by atoms with Crippen LogP contribution in [0.1, 0.15) is 51.7 Å². The molecule has 0 spiro atoms. The van der Waals surface area contributed by atoms with E-state index in [-0.39, 0.29) is 10.8 Å². The van der Waals surface area contributed by atoms with Crippen molar-refractivity contribution in [1.29, 1.82) is 0 Å². The van der Waals surface area contributed by atoms with E-state index in [0.29, 0.717) is 5.75 Å². The molecule has 1 aromatic carbocycles. The fourth-order valence-corrected chi connectivity index (χ4v) is 2.85. The Bertz CT molecular complexity index is 444. The van der Waals surface area contributed by atoms with Gasteiger partial charge in [-0.1, -0.05) is 27.7 Å². The zero-order valence-corrected chi connectivity index (χ0v) is 11.4. The van der Waals surface area contributed by atoms with Crippen LogP contribution in [0.5, 0.6) is 11.5 Å². The molecule has 0 radical (unpaired) electrons. The van der Waals surface area contributed by atoms with Crippen LogP contribution in [0.25, 0.3) is 0 Å². The van der Waals surface area contributed by atoms with Crippen molar-refractivity contribution < 1.29 is 9.84 Å². The lowest BCUT2D eigenvalue weighted by molar-refractivity contribution is 0.313. The summed E-state index contributed by atoms with van der Waals surface area (Å²) < 4.78 is 5.26. The average Bonchev–Trinajstić information content (AvgIpc) is 2.23. The van der Waals surface area contributed by atoms with Gasteiger partial charge in [-0.2, -0.15) is 0 Å². The molecule has 0 saturated carbocycles. The maximum Gasteiger partial charge on any atom is 0.123 e. The first kappa shape index (κ1) is 12.3. The van der Waals surface area contributed by atoms with E-state index < -0.39 is 0 Å². The van der Waals surface area contributed by atoms with Crippen molar-refractivity contribution >= 4 is 0 Å². The standard InChI is InChI=1S/C15H22O2/c1-14(2)6-7-15(3,4)13-11(14)8-10(17-5)9-12(13)16/h8-9,16H,6-7H2,1-5H3. The molecular weight excluding hydrogens is 212 g/mol. The highest BCUT2D eigenvalue weighted by Crippen LogP contribution is 2.50. The molecule has 2 heteroatoms. The minimum Gasteiger partial charge on any atom is -0.507 e. The molecule has 0 fully saturated rings. The molecular formula is C15H22O2. The summed E-state index contributed by atoms with van der Waals surface area (Å²) in [6.45, 7) is 8.88.